The summed E-state index contributed by atoms with van der Waals surface area (Å²) in [6.07, 6.45) is 3.74. The molecule has 0 aliphatic rings. The Bertz CT molecular complexity index is 557. The van der Waals surface area contributed by atoms with Crippen molar-refractivity contribution in [2.24, 2.45) is 0 Å². The SMILES string of the molecule is CSc1cccc(NCCc2ncno2)c1C(=O)O. The van der Waals surface area contributed by atoms with Gasteiger partial charge in [-0.25, -0.2) is 4.79 Å². The third-order valence-electron chi connectivity index (χ3n) is 2.52. The molecule has 2 N–H and O–H groups in total. The second kappa shape index (κ2) is 6.24. The maximum atomic E-state index is 11.3. The lowest BCUT2D eigenvalue weighted by atomic mass is 10.1. The average Bonchev–Trinajstić information content (AvgIpc) is 2.91. The van der Waals surface area contributed by atoms with E-state index in [1.807, 2.05) is 12.3 Å². The van der Waals surface area contributed by atoms with Crippen LogP contribution in [0.5, 0.6) is 0 Å². The first-order chi connectivity index (χ1) is 9.22. The van der Waals surface area contributed by atoms with Crippen molar-refractivity contribution in [2.75, 3.05) is 18.1 Å². The lowest BCUT2D eigenvalue weighted by molar-refractivity contribution is 0.0694. The molecule has 0 spiro atoms. The molecule has 7 heteroatoms. The molecule has 0 aliphatic heterocycles. The van der Waals surface area contributed by atoms with Crippen LogP contribution in [0.15, 0.2) is 33.9 Å². The number of hydrogen-bond acceptors (Lipinski definition) is 6. The van der Waals surface area contributed by atoms with E-state index in [-0.39, 0.29) is 0 Å². The van der Waals surface area contributed by atoms with E-state index in [0.29, 0.717) is 30.1 Å². The highest BCUT2D eigenvalue weighted by atomic mass is 32.2. The minimum absolute atomic E-state index is 0.292. The van der Waals surface area contributed by atoms with Gasteiger partial charge in [0.05, 0.1) is 5.56 Å². The van der Waals surface area contributed by atoms with Crippen molar-refractivity contribution in [3.63, 3.8) is 0 Å². The molecule has 0 atom stereocenters. The normalized spacial score (nSPS) is 10.4. The van der Waals surface area contributed by atoms with Crippen LogP contribution in [0.1, 0.15) is 16.2 Å². The summed E-state index contributed by atoms with van der Waals surface area (Å²) in [5.41, 5.74) is 0.888. The van der Waals surface area contributed by atoms with Gasteiger partial charge in [-0.3, -0.25) is 0 Å². The lowest BCUT2D eigenvalue weighted by Crippen LogP contribution is -2.10. The summed E-state index contributed by atoms with van der Waals surface area (Å²) in [6, 6.07) is 5.36. The molecule has 0 radical (unpaired) electrons. The van der Waals surface area contributed by atoms with E-state index < -0.39 is 5.97 Å². The van der Waals surface area contributed by atoms with Crippen molar-refractivity contribution in [1.29, 1.82) is 0 Å². The van der Waals surface area contributed by atoms with Crippen molar-refractivity contribution in [3.8, 4) is 0 Å². The van der Waals surface area contributed by atoms with Gasteiger partial charge < -0.3 is 14.9 Å². The summed E-state index contributed by atoms with van der Waals surface area (Å²) >= 11 is 1.41. The van der Waals surface area contributed by atoms with Crippen LogP contribution < -0.4 is 5.32 Å². The quantitative estimate of drug-likeness (QED) is 0.783. The molecule has 6 nitrogen and oxygen atoms in total. The molecule has 0 saturated heterocycles. The Morgan fingerprint density at radius 2 is 2.37 bits per heavy atom. The van der Waals surface area contributed by atoms with Crippen LogP contribution in [0, 0.1) is 0 Å². The zero-order valence-corrected chi connectivity index (χ0v) is 11.1. The maximum Gasteiger partial charge on any atom is 0.338 e. The summed E-state index contributed by atoms with van der Waals surface area (Å²) in [6.45, 7) is 0.528. The number of nitrogens with zero attached hydrogens (tertiary/aromatic N) is 2. The average molecular weight is 279 g/mol. The van der Waals surface area contributed by atoms with Crippen molar-refractivity contribution in [2.45, 2.75) is 11.3 Å². The number of carboxylic acid groups (broad SMARTS) is 1. The van der Waals surface area contributed by atoms with Gasteiger partial charge >= 0.3 is 5.97 Å². The molecular weight excluding hydrogens is 266 g/mol. The number of aromatic carboxylic acids is 1. The van der Waals surface area contributed by atoms with E-state index in [0.717, 1.165) is 4.90 Å². The van der Waals surface area contributed by atoms with E-state index in [9.17, 15) is 9.90 Å². The van der Waals surface area contributed by atoms with E-state index in [2.05, 4.69) is 15.5 Å². The molecule has 0 saturated carbocycles. The number of thioether (sulfide) groups is 1. The van der Waals surface area contributed by atoms with Gasteiger partial charge in [-0.2, -0.15) is 4.98 Å². The Labute approximate surface area is 114 Å². The number of benzene rings is 1. The molecule has 19 heavy (non-hydrogen) atoms. The fraction of sp³-hybridized carbons (Fsp3) is 0.250. The second-order valence-corrected chi connectivity index (χ2v) is 4.55. The van der Waals surface area contributed by atoms with Crippen molar-refractivity contribution >= 4 is 23.4 Å². The Hall–Kier alpha value is -2.02. The van der Waals surface area contributed by atoms with E-state index in [1.165, 1.54) is 18.1 Å². The highest BCUT2D eigenvalue weighted by Gasteiger charge is 2.14. The summed E-state index contributed by atoms with van der Waals surface area (Å²) in [7, 11) is 0. The molecule has 1 heterocycles. The molecule has 2 rings (SSSR count). The van der Waals surface area contributed by atoms with Crippen LogP contribution >= 0.6 is 11.8 Å². The Morgan fingerprint density at radius 3 is 3.00 bits per heavy atom. The van der Waals surface area contributed by atoms with Crippen LogP contribution in [0.2, 0.25) is 0 Å². The summed E-state index contributed by atoms with van der Waals surface area (Å²) in [4.78, 5) is 15.9. The number of carbonyl (C=O) groups is 1. The van der Waals surface area contributed by atoms with Gasteiger partial charge in [0.25, 0.3) is 0 Å². The highest BCUT2D eigenvalue weighted by molar-refractivity contribution is 7.98. The summed E-state index contributed by atoms with van der Waals surface area (Å²) in [5.74, 6) is -0.421. The Morgan fingerprint density at radius 1 is 1.53 bits per heavy atom. The van der Waals surface area contributed by atoms with E-state index in [4.69, 9.17) is 4.52 Å². The molecule has 1 aromatic heterocycles. The van der Waals surface area contributed by atoms with E-state index in [1.54, 1.807) is 12.1 Å². The Kier molecular flexibility index (Phi) is 4.40. The van der Waals surface area contributed by atoms with Gasteiger partial charge in [-0.1, -0.05) is 11.2 Å². The first-order valence-electron chi connectivity index (χ1n) is 5.62. The predicted octanol–water partition coefficient (Wildman–Crippen LogP) is 2.14. The maximum absolute atomic E-state index is 11.3. The van der Waals surface area contributed by atoms with Crippen molar-refractivity contribution < 1.29 is 14.4 Å². The van der Waals surface area contributed by atoms with E-state index >= 15 is 0 Å². The highest BCUT2D eigenvalue weighted by Crippen LogP contribution is 2.27. The number of carboxylic acids is 1. The van der Waals surface area contributed by atoms with Crippen LogP contribution in [-0.2, 0) is 6.42 Å². The minimum atomic E-state index is -0.940. The fourth-order valence-electron chi connectivity index (χ4n) is 1.68. The topological polar surface area (TPSA) is 88.3 Å². The van der Waals surface area contributed by atoms with Gasteiger partial charge in [-0.15, -0.1) is 11.8 Å². The standard InChI is InChI=1S/C12H13N3O3S/c1-19-9-4-2-3-8(11(9)12(16)17)13-6-5-10-14-7-15-18-10/h2-4,7,13H,5-6H2,1H3,(H,16,17). The molecule has 0 aliphatic carbocycles. The molecule has 2 aromatic rings. The van der Waals surface area contributed by atoms with Crippen LogP contribution in [0.25, 0.3) is 0 Å². The third-order valence-corrected chi connectivity index (χ3v) is 3.30. The molecule has 0 unspecified atom stereocenters. The summed E-state index contributed by atoms with van der Waals surface area (Å²) in [5, 5.41) is 15.9. The van der Waals surface area contributed by atoms with Gasteiger partial charge in [0.15, 0.2) is 6.33 Å². The number of nitrogens with one attached hydrogen (secondary N) is 1. The molecule has 0 amide bonds. The minimum Gasteiger partial charge on any atom is -0.478 e. The van der Waals surface area contributed by atoms with Crippen LogP contribution in [0.3, 0.4) is 0 Å². The second-order valence-electron chi connectivity index (χ2n) is 3.70. The molecule has 0 fully saturated rings. The van der Waals surface area contributed by atoms with Crippen LogP contribution in [-0.4, -0.2) is 34.0 Å². The van der Waals surface area contributed by atoms with Gasteiger partial charge in [-0.05, 0) is 18.4 Å². The summed E-state index contributed by atoms with van der Waals surface area (Å²) < 4.78 is 4.87. The van der Waals surface area contributed by atoms with Crippen molar-refractivity contribution in [3.05, 3.63) is 36.0 Å². The van der Waals surface area contributed by atoms with Crippen molar-refractivity contribution in [1.82, 2.24) is 10.1 Å². The van der Waals surface area contributed by atoms with Crippen LogP contribution in [0.4, 0.5) is 5.69 Å². The molecule has 100 valence electrons. The Balaban J connectivity index is 2.09. The lowest BCUT2D eigenvalue weighted by Gasteiger charge is -2.11. The number of rotatable bonds is 6. The fourth-order valence-corrected chi connectivity index (χ4v) is 2.30. The number of hydrogen-bond donors (Lipinski definition) is 2. The molecule has 0 bridgehead atoms. The van der Waals surface area contributed by atoms with Gasteiger partial charge in [0.2, 0.25) is 5.89 Å². The number of aromatic nitrogens is 2. The van der Waals surface area contributed by atoms with Gasteiger partial charge in [0, 0.05) is 23.5 Å². The third kappa shape index (κ3) is 3.25. The zero-order chi connectivity index (χ0) is 13.7. The molecular formula is C12H13N3O3S. The monoisotopic (exact) mass is 279 g/mol. The smallest absolute Gasteiger partial charge is 0.338 e. The first kappa shape index (κ1) is 13.4. The largest absolute Gasteiger partial charge is 0.478 e. The number of anilines is 1. The predicted molar refractivity (Wildman–Crippen MR) is 71.7 cm³/mol. The first-order valence-corrected chi connectivity index (χ1v) is 6.84. The van der Waals surface area contributed by atoms with Gasteiger partial charge in [0.1, 0.15) is 0 Å². The molecule has 1 aromatic carbocycles. The zero-order valence-electron chi connectivity index (χ0n) is 10.3.